The Kier molecular flexibility index (Phi) is 3.81. The zero-order chi connectivity index (χ0) is 16.6. The van der Waals surface area contributed by atoms with Crippen LogP contribution in [-0.2, 0) is 14.6 Å². The van der Waals surface area contributed by atoms with E-state index in [0.717, 1.165) is 4.90 Å². The van der Waals surface area contributed by atoms with Crippen molar-refractivity contribution in [1.29, 1.82) is 0 Å². The summed E-state index contributed by atoms with van der Waals surface area (Å²) in [6.07, 6.45) is 0. The van der Waals surface area contributed by atoms with Crippen LogP contribution >= 0.6 is 0 Å². The van der Waals surface area contributed by atoms with E-state index in [2.05, 4.69) is 0 Å². The van der Waals surface area contributed by atoms with Crippen molar-refractivity contribution in [3.05, 3.63) is 59.9 Å². The predicted octanol–water partition coefficient (Wildman–Crippen LogP) is 2.29. The second-order valence-corrected chi connectivity index (χ2v) is 7.20. The van der Waals surface area contributed by atoms with Crippen LogP contribution in [0.3, 0.4) is 0 Å². The van der Waals surface area contributed by atoms with Crippen LogP contribution in [0.15, 0.2) is 48.5 Å². The molecule has 1 fully saturated rings. The molecule has 0 bridgehead atoms. The second-order valence-electron chi connectivity index (χ2n) is 5.14. The van der Waals surface area contributed by atoms with E-state index in [-0.39, 0.29) is 5.56 Å². The van der Waals surface area contributed by atoms with Gasteiger partial charge in [0.25, 0.3) is 0 Å². The fraction of sp³-hybridized carbons (Fsp3) is 0.188. The Morgan fingerprint density at radius 2 is 1.78 bits per heavy atom. The van der Waals surface area contributed by atoms with E-state index in [4.69, 9.17) is 4.74 Å². The summed E-state index contributed by atoms with van der Waals surface area (Å²) in [6.45, 7) is 0. The Balaban J connectivity index is 2.13. The first-order valence-electron chi connectivity index (χ1n) is 6.86. The lowest BCUT2D eigenvalue weighted by Gasteiger charge is -2.24. The highest BCUT2D eigenvalue weighted by atomic mass is 32.2. The molecule has 0 N–H and O–H groups in total. The van der Waals surface area contributed by atoms with Crippen LogP contribution in [0.4, 0.5) is 10.1 Å². The number of hydrogen-bond acceptors (Lipinski definition) is 4. The van der Waals surface area contributed by atoms with Gasteiger partial charge in [0.2, 0.25) is 5.91 Å². The van der Waals surface area contributed by atoms with Gasteiger partial charge in [-0.25, -0.2) is 12.8 Å². The lowest BCUT2D eigenvalue weighted by Crippen LogP contribution is -2.29. The number of rotatable bonds is 3. The van der Waals surface area contributed by atoms with Gasteiger partial charge < -0.3 is 4.74 Å². The summed E-state index contributed by atoms with van der Waals surface area (Å²) >= 11 is 0. The van der Waals surface area contributed by atoms with Crippen molar-refractivity contribution in [3.63, 3.8) is 0 Å². The maximum absolute atomic E-state index is 14.1. The second kappa shape index (κ2) is 5.66. The molecule has 1 unspecified atom stereocenters. The molecular weight excluding hydrogens is 321 g/mol. The summed E-state index contributed by atoms with van der Waals surface area (Å²) in [5.74, 6) is -1.30. The molecular formula is C16H14FNO4S. The van der Waals surface area contributed by atoms with E-state index in [0.29, 0.717) is 11.4 Å². The van der Waals surface area contributed by atoms with E-state index in [1.165, 1.54) is 25.3 Å². The third-order valence-electron chi connectivity index (χ3n) is 3.69. The quantitative estimate of drug-likeness (QED) is 0.863. The molecule has 1 amide bonds. The van der Waals surface area contributed by atoms with Crippen LogP contribution in [0.1, 0.15) is 10.9 Å². The number of carbonyl (C=O) groups is 1. The van der Waals surface area contributed by atoms with E-state index < -0.39 is 32.7 Å². The van der Waals surface area contributed by atoms with E-state index in [1.54, 1.807) is 30.3 Å². The fourth-order valence-corrected chi connectivity index (χ4v) is 4.42. The molecule has 23 heavy (non-hydrogen) atoms. The van der Waals surface area contributed by atoms with Crippen molar-refractivity contribution >= 4 is 21.4 Å². The van der Waals surface area contributed by atoms with Crippen molar-refractivity contribution in [2.45, 2.75) is 5.37 Å². The first-order valence-corrected chi connectivity index (χ1v) is 8.57. The Bertz CT molecular complexity index is 849. The van der Waals surface area contributed by atoms with Gasteiger partial charge in [0.05, 0.1) is 7.11 Å². The number of amides is 1. The van der Waals surface area contributed by atoms with Crippen molar-refractivity contribution in [3.8, 4) is 5.75 Å². The third-order valence-corrected chi connectivity index (χ3v) is 5.48. The molecule has 2 aromatic carbocycles. The summed E-state index contributed by atoms with van der Waals surface area (Å²) in [5.41, 5.74) is 0.347. The molecule has 1 atom stereocenters. The molecule has 0 aromatic heterocycles. The Hall–Kier alpha value is -2.41. The van der Waals surface area contributed by atoms with Crippen LogP contribution in [0.25, 0.3) is 0 Å². The molecule has 0 aliphatic carbocycles. The molecule has 120 valence electrons. The molecule has 1 aliphatic heterocycles. The SMILES string of the molecule is COc1ccc(N2C(=O)CS(=O)(=O)C2c2ccccc2F)cc1. The standard InChI is InChI=1S/C16H14FNO4S/c1-22-12-8-6-11(7-9-12)18-15(19)10-23(20,21)16(18)13-4-2-3-5-14(13)17/h2-9,16H,10H2,1H3. The number of sulfone groups is 1. The minimum Gasteiger partial charge on any atom is -0.497 e. The molecule has 1 heterocycles. The number of nitrogens with zero attached hydrogens (tertiary/aromatic N) is 1. The van der Waals surface area contributed by atoms with Crippen LogP contribution in [-0.4, -0.2) is 27.2 Å². The van der Waals surface area contributed by atoms with Crippen molar-refractivity contribution in [1.82, 2.24) is 0 Å². The van der Waals surface area contributed by atoms with Gasteiger partial charge >= 0.3 is 0 Å². The molecule has 2 aromatic rings. The highest BCUT2D eigenvalue weighted by Gasteiger charge is 2.46. The van der Waals surface area contributed by atoms with Crippen LogP contribution in [0, 0.1) is 5.82 Å². The lowest BCUT2D eigenvalue weighted by atomic mass is 10.1. The van der Waals surface area contributed by atoms with Gasteiger partial charge in [-0.1, -0.05) is 18.2 Å². The van der Waals surface area contributed by atoms with Gasteiger partial charge in [-0.3, -0.25) is 9.69 Å². The van der Waals surface area contributed by atoms with Gasteiger partial charge in [0.1, 0.15) is 17.3 Å². The van der Waals surface area contributed by atoms with Gasteiger partial charge in [-0.15, -0.1) is 0 Å². The number of halogens is 1. The summed E-state index contributed by atoms with van der Waals surface area (Å²) in [7, 11) is -2.32. The number of benzene rings is 2. The zero-order valence-corrected chi connectivity index (χ0v) is 13.1. The normalized spacial score (nSPS) is 19.8. The highest BCUT2D eigenvalue weighted by Crippen LogP contribution is 2.38. The zero-order valence-electron chi connectivity index (χ0n) is 12.3. The van der Waals surface area contributed by atoms with Crippen molar-refractivity contribution in [2.75, 3.05) is 17.8 Å². The minimum absolute atomic E-state index is 0.0332. The summed E-state index contributed by atoms with van der Waals surface area (Å²) in [5, 5.41) is -1.36. The first kappa shape index (κ1) is 15.5. The fourth-order valence-electron chi connectivity index (χ4n) is 2.64. The number of carbonyl (C=O) groups excluding carboxylic acids is 1. The summed E-state index contributed by atoms with van der Waals surface area (Å²) in [4.78, 5) is 13.4. The monoisotopic (exact) mass is 335 g/mol. The Morgan fingerprint density at radius 3 is 2.39 bits per heavy atom. The van der Waals surface area contributed by atoms with E-state index in [1.807, 2.05) is 0 Å². The largest absolute Gasteiger partial charge is 0.497 e. The number of ether oxygens (including phenoxy) is 1. The number of methoxy groups -OCH3 is 1. The number of hydrogen-bond donors (Lipinski definition) is 0. The molecule has 3 rings (SSSR count). The van der Waals surface area contributed by atoms with Gasteiger partial charge in [0.15, 0.2) is 15.2 Å². The van der Waals surface area contributed by atoms with Gasteiger partial charge in [0, 0.05) is 11.3 Å². The molecule has 1 saturated heterocycles. The van der Waals surface area contributed by atoms with Crippen molar-refractivity contribution in [2.24, 2.45) is 0 Å². The number of anilines is 1. The smallest absolute Gasteiger partial charge is 0.243 e. The third kappa shape index (κ3) is 2.68. The highest BCUT2D eigenvalue weighted by molar-refractivity contribution is 7.93. The summed E-state index contributed by atoms with van der Waals surface area (Å²) < 4.78 is 43.9. The molecule has 7 heteroatoms. The minimum atomic E-state index is -3.82. The first-order chi connectivity index (χ1) is 10.9. The molecule has 0 radical (unpaired) electrons. The Labute approximate surface area is 133 Å². The Morgan fingerprint density at radius 1 is 1.13 bits per heavy atom. The van der Waals surface area contributed by atoms with Crippen LogP contribution in [0.2, 0.25) is 0 Å². The van der Waals surface area contributed by atoms with Crippen LogP contribution in [0.5, 0.6) is 5.75 Å². The molecule has 0 saturated carbocycles. The van der Waals surface area contributed by atoms with Crippen molar-refractivity contribution < 1.29 is 22.3 Å². The topological polar surface area (TPSA) is 63.7 Å². The van der Waals surface area contributed by atoms with Gasteiger partial charge in [-0.2, -0.15) is 0 Å². The average molecular weight is 335 g/mol. The molecule has 1 aliphatic rings. The maximum atomic E-state index is 14.1. The lowest BCUT2D eigenvalue weighted by molar-refractivity contribution is -0.115. The molecule has 0 spiro atoms. The van der Waals surface area contributed by atoms with Crippen LogP contribution < -0.4 is 9.64 Å². The van der Waals surface area contributed by atoms with E-state index in [9.17, 15) is 17.6 Å². The van der Waals surface area contributed by atoms with E-state index >= 15 is 0 Å². The summed E-state index contributed by atoms with van der Waals surface area (Å²) in [6, 6.07) is 12.0. The molecule has 5 nitrogen and oxygen atoms in total. The predicted molar refractivity (Wildman–Crippen MR) is 83.4 cm³/mol. The maximum Gasteiger partial charge on any atom is 0.243 e. The van der Waals surface area contributed by atoms with Gasteiger partial charge in [-0.05, 0) is 30.3 Å². The average Bonchev–Trinajstić information content (AvgIpc) is 2.77.